The fraction of sp³-hybridized carbons (Fsp3) is 0.429. The third kappa shape index (κ3) is 4.71. The fourth-order valence-corrected chi connectivity index (χ4v) is 3.91. The molecular weight excluding hydrogens is 382 g/mol. The summed E-state index contributed by atoms with van der Waals surface area (Å²) in [6.45, 7) is 3.94. The van der Waals surface area contributed by atoms with Gasteiger partial charge in [-0.15, -0.1) is 5.10 Å². The van der Waals surface area contributed by atoms with Crippen LogP contribution in [-0.4, -0.2) is 44.7 Å². The molecule has 144 valence electrons. The molecule has 1 aromatic carbocycles. The Morgan fingerprint density at radius 1 is 1.19 bits per heavy atom. The van der Waals surface area contributed by atoms with Crippen molar-refractivity contribution < 1.29 is 21.6 Å². The van der Waals surface area contributed by atoms with E-state index in [1.165, 1.54) is 38.4 Å². The standard InChI is InChI=1S/C14H21N5O5S2/c1-4-19-12(9-15-18-19)10-16-26(22,23)14-7-6-11(8-13(14)24-3)17-25(20,21)5-2/h6-9,16-17H,4-5,10H2,1-3H3. The first kappa shape index (κ1) is 20.1. The summed E-state index contributed by atoms with van der Waals surface area (Å²) in [6.07, 6.45) is 1.48. The Kier molecular flexibility index (Phi) is 6.21. The van der Waals surface area contributed by atoms with Crippen LogP contribution in [0.15, 0.2) is 29.3 Å². The van der Waals surface area contributed by atoms with Crippen molar-refractivity contribution in [2.24, 2.45) is 0 Å². The number of rotatable bonds is 9. The molecule has 0 amide bonds. The van der Waals surface area contributed by atoms with Crippen LogP contribution in [-0.2, 0) is 33.1 Å². The molecule has 0 radical (unpaired) electrons. The van der Waals surface area contributed by atoms with Gasteiger partial charge in [0.05, 0.1) is 37.0 Å². The number of methoxy groups -OCH3 is 1. The number of anilines is 1. The smallest absolute Gasteiger partial charge is 0.244 e. The average molecular weight is 403 g/mol. The normalized spacial score (nSPS) is 12.1. The van der Waals surface area contributed by atoms with Gasteiger partial charge in [-0.25, -0.2) is 26.2 Å². The second-order valence-electron chi connectivity index (χ2n) is 5.24. The first-order valence-electron chi connectivity index (χ1n) is 7.78. The van der Waals surface area contributed by atoms with E-state index in [1.54, 1.807) is 4.68 Å². The summed E-state index contributed by atoms with van der Waals surface area (Å²) in [5, 5.41) is 7.58. The molecule has 0 aliphatic heterocycles. The topological polar surface area (TPSA) is 132 Å². The lowest BCUT2D eigenvalue weighted by Gasteiger charge is -2.13. The molecule has 0 fully saturated rings. The molecule has 0 atom stereocenters. The van der Waals surface area contributed by atoms with Gasteiger partial charge >= 0.3 is 0 Å². The second kappa shape index (κ2) is 8.01. The predicted octanol–water partition coefficient (Wildman–Crippen LogP) is 0.547. The van der Waals surface area contributed by atoms with Crippen LogP contribution >= 0.6 is 0 Å². The molecular formula is C14H21N5O5S2. The number of nitrogens with one attached hydrogen (secondary N) is 2. The van der Waals surface area contributed by atoms with E-state index in [-0.39, 0.29) is 28.6 Å². The van der Waals surface area contributed by atoms with Gasteiger partial charge in [0.15, 0.2) is 0 Å². The SMILES string of the molecule is CCn1nncc1CNS(=O)(=O)c1ccc(NS(=O)(=O)CC)cc1OC. The molecule has 2 rings (SSSR count). The van der Waals surface area contributed by atoms with Crippen molar-refractivity contribution in [1.82, 2.24) is 19.7 Å². The van der Waals surface area contributed by atoms with Gasteiger partial charge in [0.1, 0.15) is 10.6 Å². The Balaban J connectivity index is 2.25. The molecule has 0 aliphatic carbocycles. The van der Waals surface area contributed by atoms with Gasteiger partial charge in [-0.2, -0.15) is 0 Å². The number of aromatic nitrogens is 3. The minimum absolute atomic E-state index is 0.0105. The Morgan fingerprint density at radius 2 is 1.92 bits per heavy atom. The fourth-order valence-electron chi connectivity index (χ4n) is 2.13. The van der Waals surface area contributed by atoms with Crippen molar-refractivity contribution in [1.29, 1.82) is 0 Å². The molecule has 0 spiro atoms. The quantitative estimate of drug-likeness (QED) is 0.624. The highest BCUT2D eigenvalue weighted by Crippen LogP contribution is 2.27. The van der Waals surface area contributed by atoms with Gasteiger partial charge < -0.3 is 4.74 Å². The van der Waals surface area contributed by atoms with Crippen molar-refractivity contribution in [3.05, 3.63) is 30.1 Å². The van der Waals surface area contributed by atoms with E-state index >= 15 is 0 Å². The van der Waals surface area contributed by atoms with E-state index < -0.39 is 20.0 Å². The summed E-state index contributed by atoms with van der Waals surface area (Å²) in [4.78, 5) is -0.102. The number of ether oxygens (including phenoxy) is 1. The minimum Gasteiger partial charge on any atom is -0.495 e. The lowest BCUT2D eigenvalue weighted by atomic mass is 10.3. The van der Waals surface area contributed by atoms with Crippen LogP contribution in [0.1, 0.15) is 19.5 Å². The molecule has 10 nitrogen and oxygen atoms in total. The zero-order valence-electron chi connectivity index (χ0n) is 14.6. The van der Waals surface area contributed by atoms with Gasteiger partial charge in [0.25, 0.3) is 0 Å². The lowest BCUT2D eigenvalue weighted by molar-refractivity contribution is 0.402. The first-order valence-corrected chi connectivity index (χ1v) is 10.9. The Hall–Kier alpha value is -2.18. The van der Waals surface area contributed by atoms with Gasteiger partial charge in [0, 0.05) is 12.6 Å². The Labute approximate surface area is 152 Å². The molecule has 0 unspecified atom stereocenters. The van der Waals surface area contributed by atoms with Crippen LogP contribution in [0.2, 0.25) is 0 Å². The van der Waals surface area contributed by atoms with Crippen LogP contribution in [0.4, 0.5) is 5.69 Å². The first-order chi connectivity index (χ1) is 12.2. The van der Waals surface area contributed by atoms with Crippen LogP contribution in [0, 0.1) is 0 Å². The molecule has 26 heavy (non-hydrogen) atoms. The summed E-state index contributed by atoms with van der Waals surface area (Å²) in [5.41, 5.74) is 0.832. The minimum atomic E-state index is -3.89. The molecule has 2 N–H and O–H groups in total. The van der Waals surface area contributed by atoms with Gasteiger partial charge in [0.2, 0.25) is 20.0 Å². The van der Waals surface area contributed by atoms with Crippen molar-refractivity contribution in [3.63, 3.8) is 0 Å². The highest BCUT2D eigenvalue weighted by molar-refractivity contribution is 7.92. The number of nitrogens with zero attached hydrogens (tertiary/aromatic N) is 3. The van der Waals surface area contributed by atoms with Gasteiger partial charge in [-0.05, 0) is 26.0 Å². The number of benzene rings is 1. The second-order valence-corrected chi connectivity index (χ2v) is 8.98. The molecule has 0 saturated heterocycles. The zero-order valence-corrected chi connectivity index (χ0v) is 16.3. The number of hydrogen-bond donors (Lipinski definition) is 2. The Morgan fingerprint density at radius 3 is 2.54 bits per heavy atom. The lowest BCUT2D eigenvalue weighted by Crippen LogP contribution is -2.25. The van der Waals surface area contributed by atoms with Crippen molar-refractivity contribution >= 4 is 25.7 Å². The van der Waals surface area contributed by atoms with Crippen molar-refractivity contribution in [2.45, 2.75) is 31.8 Å². The van der Waals surface area contributed by atoms with Crippen molar-refractivity contribution in [3.8, 4) is 5.75 Å². The molecule has 2 aromatic rings. The number of hydrogen-bond acceptors (Lipinski definition) is 7. The molecule has 12 heteroatoms. The maximum atomic E-state index is 12.6. The number of sulfonamides is 2. The van der Waals surface area contributed by atoms with E-state index in [2.05, 4.69) is 19.8 Å². The van der Waals surface area contributed by atoms with E-state index in [4.69, 9.17) is 4.74 Å². The molecule has 0 bridgehead atoms. The Bertz CT molecular complexity index is 969. The van der Waals surface area contributed by atoms with Crippen LogP contribution in [0.3, 0.4) is 0 Å². The maximum absolute atomic E-state index is 12.6. The monoisotopic (exact) mass is 403 g/mol. The van der Waals surface area contributed by atoms with Crippen LogP contribution < -0.4 is 14.2 Å². The summed E-state index contributed by atoms with van der Waals surface area (Å²) >= 11 is 0. The molecule has 0 aliphatic rings. The zero-order chi connectivity index (χ0) is 19.4. The van der Waals surface area contributed by atoms with E-state index in [0.29, 0.717) is 12.2 Å². The van der Waals surface area contributed by atoms with Gasteiger partial charge in [-0.3, -0.25) is 4.72 Å². The predicted molar refractivity (Wildman–Crippen MR) is 95.8 cm³/mol. The number of aryl methyl sites for hydroxylation is 1. The summed E-state index contributed by atoms with van der Waals surface area (Å²) in [6, 6.07) is 3.96. The highest BCUT2D eigenvalue weighted by Gasteiger charge is 2.21. The molecule has 1 heterocycles. The summed E-state index contributed by atoms with van der Waals surface area (Å²) in [7, 11) is -6.06. The molecule has 1 aromatic heterocycles. The van der Waals surface area contributed by atoms with Crippen LogP contribution in [0.25, 0.3) is 0 Å². The van der Waals surface area contributed by atoms with Gasteiger partial charge in [-0.1, -0.05) is 5.21 Å². The molecule has 0 saturated carbocycles. The van der Waals surface area contributed by atoms with E-state index in [9.17, 15) is 16.8 Å². The summed E-state index contributed by atoms with van der Waals surface area (Å²) < 4.78 is 60.0. The third-order valence-electron chi connectivity index (χ3n) is 3.55. The summed E-state index contributed by atoms with van der Waals surface area (Å²) in [5.74, 6) is -0.0771. The van der Waals surface area contributed by atoms with E-state index in [1.807, 2.05) is 6.92 Å². The average Bonchev–Trinajstić information content (AvgIpc) is 3.07. The maximum Gasteiger partial charge on any atom is 0.244 e. The van der Waals surface area contributed by atoms with Crippen molar-refractivity contribution in [2.75, 3.05) is 17.6 Å². The third-order valence-corrected chi connectivity index (χ3v) is 6.29. The largest absolute Gasteiger partial charge is 0.495 e. The van der Waals surface area contributed by atoms with E-state index in [0.717, 1.165) is 0 Å². The van der Waals surface area contributed by atoms with Crippen LogP contribution in [0.5, 0.6) is 5.75 Å². The highest BCUT2D eigenvalue weighted by atomic mass is 32.2.